The molecule has 13 heavy (non-hydrogen) atoms. The van der Waals surface area contributed by atoms with Crippen LogP contribution in [0.2, 0.25) is 5.28 Å². The van der Waals surface area contributed by atoms with Crippen LogP contribution in [-0.2, 0) is 13.0 Å². The van der Waals surface area contributed by atoms with Gasteiger partial charge >= 0.3 is 0 Å². The summed E-state index contributed by atoms with van der Waals surface area (Å²) in [6, 6.07) is 0.219. The zero-order valence-corrected chi connectivity index (χ0v) is 8.33. The smallest absolute Gasteiger partial charge is 0.242 e. The first-order chi connectivity index (χ1) is 6.16. The van der Waals surface area contributed by atoms with Gasteiger partial charge in [-0.3, -0.25) is 0 Å². The van der Waals surface area contributed by atoms with Crippen molar-refractivity contribution in [1.82, 2.24) is 14.8 Å². The third-order valence-electron chi connectivity index (χ3n) is 2.61. The molecule has 72 valence electrons. The molecule has 0 saturated heterocycles. The number of hydrogen-bond acceptors (Lipinski definition) is 3. The monoisotopic (exact) mass is 200 g/mol. The Balaban J connectivity index is 2.19. The Morgan fingerprint density at radius 3 is 3.15 bits per heavy atom. The van der Waals surface area contributed by atoms with E-state index in [1.165, 1.54) is 0 Å². The van der Waals surface area contributed by atoms with Gasteiger partial charge in [0.15, 0.2) is 0 Å². The van der Waals surface area contributed by atoms with E-state index in [2.05, 4.69) is 10.1 Å². The highest BCUT2D eigenvalue weighted by Gasteiger charge is 2.23. The Kier molecular flexibility index (Phi) is 2.26. The molecule has 0 aliphatic carbocycles. The van der Waals surface area contributed by atoms with Gasteiger partial charge in [0, 0.05) is 19.0 Å². The number of nitrogens with zero attached hydrogens (tertiary/aromatic N) is 3. The summed E-state index contributed by atoms with van der Waals surface area (Å²) in [5.41, 5.74) is 5.84. The molecule has 1 aliphatic heterocycles. The van der Waals surface area contributed by atoms with Gasteiger partial charge in [-0.2, -0.15) is 0 Å². The van der Waals surface area contributed by atoms with E-state index in [-0.39, 0.29) is 6.04 Å². The Morgan fingerprint density at radius 1 is 1.69 bits per heavy atom. The molecule has 0 aromatic carbocycles. The van der Waals surface area contributed by atoms with Crippen molar-refractivity contribution in [2.75, 3.05) is 0 Å². The van der Waals surface area contributed by atoms with Crippen LogP contribution in [0.4, 0.5) is 0 Å². The average molecular weight is 201 g/mol. The molecule has 2 rings (SSSR count). The van der Waals surface area contributed by atoms with Crippen LogP contribution in [-0.4, -0.2) is 20.8 Å². The first-order valence-electron chi connectivity index (χ1n) is 4.51. The van der Waals surface area contributed by atoms with Gasteiger partial charge in [-0.15, -0.1) is 5.10 Å². The lowest BCUT2D eigenvalue weighted by Crippen LogP contribution is -2.34. The zero-order valence-electron chi connectivity index (χ0n) is 7.57. The molecule has 4 nitrogen and oxygen atoms in total. The maximum Gasteiger partial charge on any atom is 0.242 e. The summed E-state index contributed by atoms with van der Waals surface area (Å²) in [4.78, 5) is 4.12. The molecule has 0 saturated carbocycles. The number of hydrogen-bond donors (Lipinski definition) is 1. The molecular weight excluding hydrogens is 188 g/mol. The van der Waals surface area contributed by atoms with E-state index in [1.807, 2.05) is 11.6 Å². The van der Waals surface area contributed by atoms with E-state index < -0.39 is 0 Å². The fourth-order valence-corrected chi connectivity index (χ4v) is 1.92. The van der Waals surface area contributed by atoms with Gasteiger partial charge in [0.25, 0.3) is 0 Å². The van der Waals surface area contributed by atoms with Gasteiger partial charge in [-0.1, -0.05) is 0 Å². The topological polar surface area (TPSA) is 56.7 Å². The van der Waals surface area contributed by atoms with Gasteiger partial charge < -0.3 is 5.73 Å². The van der Waals surface area contributed by atoms with E-state index in [4.69, 9.17) is 17.3 Å². The minimum Gasteiger partial charge on any atom is -0.328 e. The number of fused-ring (bicyclic) bond motifs is 1. The van der Waals surface area contributed by atoms with Crippen LogP contribution in [0.15, 0.2) is 0 Å². The van der Waals surface area contributed by atoms with Crippen molar-refractivity contribution in [3.05, 3.63) is 11.1 Å². The van der Waals surface area contributed by atoms with Crippen molar-refractivity contribution in [3.8, 4) is 0 Å². The second-order valence-corrected chi connectivity index (χ2v) is 3.98. The highest BCUT2D eigenvalue weighted by atomic mass is 35.5. The summed E-state index contributed by atoms with van der Waals surface area (Å²) < 4.78 is 1.87. The molecule has 5 heteroatoms. The molecule has 0 amide bonds. The molecule has 1 aliphatic rings. The number of rotatable bonds is 1. The fourth-order valence-electron chi connectivity index (χ4n) is 1.73. The number of aryl methyl sites for hydroxylation is 1. The van der Waals surface area contributed by atoms with E-state index in [0.29, 0.717) is 11.2 Å². The lowest BCUT2D eigenvalue weighted by Gasteiger charge is -2.25. The Bertz CT molecular complexity index is 307. The maximum atomic E-state index is 5.84. The van der Waals surface area contributed by atoms with Crippen molar-refractivity contribution in [2.24, 2.45) is 11.7 Å². The highest BCUT2D eigenvalue weighted by molar-refractivity contribution is 6.28. The molecule has 0 bridgehead atoms. The molecular formula is C8H13ClN4. The fraction of sp³-hybridized carbons (Fsp3) is 0.750. The lowest BCUT2D eigenvalue weighted by atomic mass is 9.94. The van der Waals surface area contributed by atoms with E-state index >= 15 is 0 Å². The first-order valence-corrected chi connectivity index (χ1v) is 4.89. The summed E-state index contributed by atoms with van der Waals surface area (Å²) in [7, 11) is 0. The maximum absolute atomic E-state index is 5.84. The van der Waals surface area contributed by atoms with E-state index in [0.717, 1.165) is 25.2 Å². The van der Waals surface area contributed by atoms with Gasteiger partial charge in [0.2, 0.25) is 5.28 Å². The van der Waals surface area contributed by atoms with Crippen LogP contribution < -0.4 is 5.73 Å². The van der Waals surface area contributed by atoms with Gasteiger partial charge in [-0.05, 0) is 30.9 Å². The zero-order chi connectivity index (χ0) is 9.42. The van der Waals surface area contributed by atoms with Gasteiger partial charge in [0.05, 0.1) is 0 Å². The number of aromatic nitrogens is 3. The SMILES string of the molecule is CC(N)C1CCc2nc(Cl)nn2C1. The van der Waals surface area contributed by atoms with Crippen LogP contribution in [0.5, 0.6) is 0 Å². The molecule has 1 aromatic rings. The predicted octanol–water partition coefficient (Wildman–Crippen LogP) is 0.841. The molecule has 1 aromatic heterocycles. The predicted molar refractivity (Wildman–Crippen MR) is 50.5 cm³/mol. The average Bonchev–Trinajstić information content (AvgIpc) is 2.42. The van der Waals surface area contributed by atoms with Crippen molar-refractivity contribution < 1.29 is 0 Å². The highest BCUT2D eigenvalue weighted by Crippen LogP contribution is 2.21. The first kappa shape index (κ1) is 8.97. The van der Waals surface area contributed by atoms with Crippen LogP contribution >= 0.6 is 11.6 Å². The molecule has 2 heterocycles. The Labute approximate surface area is 82.1 Å². The van der Waals surface area contributed by atoms with Crippen LogP contribution in [0.3, 0.4) is 0 Å². The van der Waals surface area contributed by atoms with Gasteiger partial charge in [0.1, 0.15) is 5.82 Å². The quantitative estimate of drug-likeness (QED) is 0.731. The molecule has 2 atom stereocenters. The van der Waals surface area contributed by atoms with Crippen LogP contribution in [0, 0.1) is 5.92 Å². The van der Waals surface area contributed by atoms with Crippen LogP contribution in [0.25, 0.3) is 0 Å². The second-order valence-electron chi connectivity index (χ2n) is 3.64. The van der Waals surface area contributed by atoms with E-state index in [9.17, 15) is 0 Å². The molecule has 0 radical (unpaired) electrons. The van der Waals surface area contributed by atoms with Crippen molar-refractivity contribution in [2.45, 2.75) is 32.4 Å². The largest absolute Gasteiger partial charge is 0.328 e. The Morgan fingerprint density at radius 2 is 2.46 bits per heavy atom. The molecule has 2 N–H and O–H groups in total. The molecule has 2 unspecified atom stereocenters. The summed E-state index contributed by atoms with van der Waals surface area (Å²) in [5.74, 6) is 1.49. The van der Waals surface area contributed by atoms with Crippen molar-refractivity contribution in [3.63, 3.8) is 0 Å². The second kappa shape index (κ2) is 3.27. The third kappa shape index (κ3) is 1.69. The summed E-state index contributed by atoms with van der Waals surface area (Å²) in [6.45, 7) is 2.89. The molecule has 0 fully saturated rings. The van der Waals surface area contributed by atoms with E-state index in [1.54, 1.807) is 0 Å². The summed E-state index contributed by atoms with van der Waals surface area (Å²) in [6.07, 6.45) is 2.03. The minimum atomic E-state index is 0.219. The summed E-state index contributed by atoms with van der Waals surface area (Å²) in [5, 5.41) is 4.45. The normalized spacial score (nSPS) is 24.1. The molecule has 0 spiro atoms. The van der Waals surface area contributed by atoms with Gasteiger partial charge in [-0.25, -0.2) is 9.67 Å². The van der Waals surface area contributed by atoms with Crippen LogP contribution in [0.1, 0.15) is 19.2 Å². The summed E-state index contributed by atoms with van der Waals surface area (Å²) >= 11 is 5.70. The van der Waals surface area contributed by atoms with Crippen molar-refractivity contribution in [1.29, 1.82) is 0 Å². The minimum absolute atomic E-state index is 0.219. The number of nitrogens with two attached hydrogens (primary N) is 1. The standard InChI is InChI=1S/C8H13ClN4/c1-5(10)6-2-3-7-11-8(9)12-13(7)4-6/h5-6H,2-4,10H2,1H3. The Hall–Kier alpha value is -0.610. The third-order valence-corrected chi connectivity index (χ3v) is 2.77. The van der Waals surface area contributed by atoms with Crippen molar-refractivity contribution >= 4 is 11.6 Å². The number of halogens is 1. The lowest BCUT2D eigenvalue weighted by molar-refractivity contribution is 0.303.